The minimum absolute atomic E-state index is 0.0664. The third kappa shape index (κ3) is 51.7. The SMILES string of the molecule is CCCCCCCCCCCCCCCC/C=C/CC/C=C/C(O)C(CO)NC(=O)CCCCCCCCCCCCCCCCCCCCCCCCCCCCCCCCC. The summed E-state index contributed by atoms with van der Waals surface area (Å²) >= 11 is 0. The van der Waals surface area contributed by atoms with E-state index in [0.717, 1.165) is 32.1 Å². The van der Waals surface area contributed by atoms with Gasteiger partial charge in [-0.05, 0) is 32.1 Å². The number of aliphatic hydroxyl groups excluding tert-OH is 2. The van der Waals surface area contributed by atoms with E-state index in [9.17, 15) is 15.0 Å². The topological polar surface area (TPSA) is 69.6 Å². The molecule has 0 saturated heterocycles. The van der Waals surface area contributed by atoms with Gasteiger partial charge in [0, 0.05) is 6.42 Å². The van der Waals surface area contributed by atoms with Gasteiger partial charge in [0.15, 0.2) is 0 Å². The zero-order valence-corrected chi connectivity index (χ0v) is 43.1. The van der Waals surface area contributed by atoms with Gasteiger partial charge >= 0.3 is 0 Å². The number of allylic oxidation sites excluding steroid dienone is 3. The number of aliphatic hydroxyl groups is 2. The lowest BCUT2D eigenvalue weighted by molar-refractivity contribution is -0.123. The maximum atomic E-state index is 12.5. The molecule has 4 heteroatoms. The van der Waals surface area contributed by atoms with Crippen molar-refractivity contribution >= 4 is 5.91 Å². The first-order valence-corrected chi connectivity index (χ1v) is 29.1. The first-order chi connectivity index (χ1) is 31.2. The van der Waals surface area contributed by atoms with Crippen LogP contribution in [-0.2, 0) is 4.79 Å². The Morgan fingerprint density at radius 2 is 0.619 bits per heavy atom. The van der Waals surface area contributed by atoms with Gasteiger partial charge in [0.1, 0.15) is 0 Å². The van der Waals surface area contributed by atoms with Gasteiger partial charge in [0.2, 0.25) is 5.91 Å². The van der Waals surface area contributed by atoms with E-state index in [1.54, 1.807) is 6.08 Å². The van der Waals surface area contributed by atoms with Crippen molar-refractivity contribution in [2.24, 2.45) is 0 Å². The lowest BCUT2D eigenvalue weighted by atomic mass is 10.0. The van der Waals surface area contributed by atoms with Crippen LogP contribution in [0.5, 0.6) is 0 Å². The Bertz CT molecular complexity index is 916. The normalized spacial score (nSPS) is 12.9. The molecule has 0 radical (unpaired) electrons. The molecule has 63 heavy (non-hydrogen) atoms. The highest BCUT2D eigenvalue weighted by molar-refractivity contribution is 5.76. The molecule has 0 aliphatic rings. The molecule has 2 atom stereocenters. The summed E-state index contributed by atoms with van der Waals surface area (Å²) in [5.74, 6) is -0.0664. The first kappa shape index (κ1) is 61.9. The molecule has 0 heterocycles. The minimum atomic E-state index is -0.859. The van der Waals surface area contributed by atoms with Crippen molar-refractivity contribution in [1.82, 2.24) is 5.32 Å². The second-order valence-electron chi connectivity index (χ2n) is 20.1. The Kier molecular flexibility index (Phi) is 54.2. The van der Waals surface area contributed by atoms with Crippen molar-refractivity contribution in [3.8, 4) is 0 Å². The Hall–Kier alpha value is -1.13. The molecular weight excluding hydrogens is 771 g/mol. The molecule has 0 aliphatic heterocycles. The highest BCUT2D eigenvalue weighted by Gasteiger charge is 2.18. The summed E-state index contributed by atoms with van der Waals surface area (Å²) in [7, 11) is 0. The highest BCUT2D eigenvalue weighted by atomic mass is 16.3. The maximum Gasteiger partial charge on any atom is 0.220 e. The fourth-order valence-electron chi connectivity index (χ4n) is 9.26. The van der Waals surface area contributed by atoms with Gasteiger partial charge in [-0.25, -0.2) is 0 Å². The molecule has 0 spiro atoms. The van der Waals surface area contributed by atoms with Crippen molar-refractivity contribution in [3.05, 3.63) is 24.3 Å². The van der Waals surface area contributed by atoms with Crippen LogP contribution >= 0.6 is 0 Å². The Balaban J connectivity index is 3.45. The van der Waals surface area contributed by atoms with Gasteiger partial charge in [-0.2, -0.15) is 0 Å². The Labute approximate surface area is 396 Å². The van der Waals surface area contributed by atoms with Crippen molar-refractivity contribution < 1.29 is 15.0 Å². The molecule has 1 amide bonds. The van der Waals surface area contributed by atoms with Gasteiger partial charge in [-0.15, -0.1) is 0 Å². The second kappa shape index (κ2) is 55.2. The summed E-state index contributed by atoms with van der Waals surface area (Å²) in [6.45, 7) is 4.34. The molecule has 3 N–H and O–H groups in total. The van der Waals surface area contributed by atoms with Crippen LogP contribution in [0.25, 0.3) is 0 Å². The Morgan fingerprint density at radius 3 is 0.921 bits per heavy atom. The van der Waals surface area contributed by atoms with Crippen molar-refractivity contribution in [2.45, 2.75) is 341 Å². The summed E-state index contributed by atoms with van der Waals surface area (Å²) in [5, 5.41) is 23.1. The zero-order valence-electron chi connectivity index (χ0n) is 43.1. The molecule has 0 aromatic carbocycles. The smallest absolute Gasteiger partial charge is 0.220 e. The number of amides is 1. The number of carbonyl (C=O) groups excluding carboxylic acids is 1. The standard InChI is InChI=1S/C59H115NO3/c1-3-5-7-9-11-13-15-17-19-21-23-25-26-27-28-29-30-31-32-33-34-35-37-39-41-43-45-47-49-51-53-55-59(63)60-57(56-61)58(62)54-52-50-48-46-44-42-40-38-36-24-22-20-18-16-14-12-10-8-6-4-2/h44,46,52,54,57-58,61-62H,3-43,45,47-51,53,55-56H2,1-2H3,(H,60,63)/b46-44+,54-52+. The summed E-state index contributed by atoms with van der Waals surface area (Å²) in [6.07, 6.45) is 73.6. The van der Waals surface area contributed by atoms with E-state index in [2.05, 4.69) is 31.3 Å². The summed E-state index contributed by atoms with van der Waals surface area (Å²) in [6, 6.07) is -0.636. The van der Waals surface area contributed by atoms with Crippen LogP contribution in [-0.4, -0.2) is 34.9 Å². The van der Waals surface area contributed by atoms with E-state index in [-0.39, 0.29) is 12.5 Å². The monoisotopic (exact) mass is 886 g/mol. The van der Waals surface area contributed by atoms with Crippen LogP contribution in [0.2, 0.25) is 0 Å². The number of carbonyl (C=O) groups is 1. The van der Waals surface area contributed by atoms with Gasteiger partial charge in [-0.3, -0.25) is 4.79 Å². The number of hydrogen-bond donors (Lipinski definition) is 3. The zero-order chi connectivity index (χ0) is 45.6. The van der Waals surface area contributed by atoms with Crippen LogP contribution in [0.1, 0.15) is 328 Å². The van der Waals surface area contributed by atoms with E-state index < -0.39 is 12.1 Å². The second-order valence-corrected chi connectivity index (χ2v) is 20.1. The Morgan fingerprint density at radius 1 is 0.365 bits per heavy atom. The van der Waals surface area contributed by atoms with Gasteiger partial charge in [-0.1, -0.05) is 314 Å². The predicted octanol–water partition coefficient (Wildman–Crippen LogP) is 19.1. The van der Waals surface area contributed by atoms with Gasteiger partial charge in [0.05, 0.1) is 18.8 Å². The third-order valence-corrected chi connectivity index (χ3v) is 13.7. The van der Waals surface area contributed by atoms with E-state index in [1.807, 2.05) is 6.08 Å². The third-order valence-electron chi connectivity index (χ3n) is 13.7. The fourth-order valence-corrected chi connectivity index (χ4v) is 9.26. The van der Waals surface area contributed by atoms with Crippen molar-refractivity contribution in [3.63, 3.8) is 0 Å². The molecule has 0 aromatic rings. The molecule has 0 fully saturated rings. The van der Waals surface area contributed by atoms with Crippen LogP contribution in [0, 0.1) is 0 Å². The maximum absolute atomic E-state index is 12.5. The molecule has 2 unspecified atom stereocenters. The lowest BCUT2D eigenvalue weighted by Crippen LogP contribution is -2.45. The predicted molar refractivity (Wildman–Crippen MR) is 281 cm³/mol. The number of rotatable bonds is 54. The first-order valence-electron chi connectivity index (χ1n) is 29.1. The average Bonchev–Trinajstić information content (AvgIpc) is 3.29. The fraction of sp³-hybridized carbons (Fsp3) is 0.915. The van der Waals surface area contributed by atoms with E-state index in [1.165, 1.54) is 276 Å². The highest BCUT2D eigenvalue weighted by Crippen LogP contribution is 2.18. The molecule has 374 valence electrons. The van der Waals surface area contributed by atoms with E-state index in [0.29, 0.717) is 6.42 Å². The summed E-state index contributed by atoms with van der Waals surface area (Å²) in [4.78, 5) is 12.5. The van der Waals surface area contributed by atoms with Gasteiger partial charge < -0.3 is 15.5 Å². The molecule has 0 bridgehead atoms. The number of hydrogen-bond acceptors (Lipinski definition) is 3. The van der Waals surface area contributed by atoms with Crippen LogP contribution in [0.4, 0.5) is 0 Å². The minimum Gasteiger partial charge on any atom is -0.394 e. The lowest BCUT2D eigenvalue weighted by Gasteiger charge is -2.19. The van der Waals surface area contributed by atoms with E-state index >= 15 is 0 Å². The van der Waals surface area contributed by atoms with Crippen molar-refractivity contribution in [2.75, 3.05) is 6.61 Å². The molecule has 4 nitrogen and oxygen atoms in total. The quantitative estimate of drug-likeness (QED) is 0.0421. The largest absolute Gasteiger partial charge is 0.394 e. The summed E-state index contributed by atoms with van der Waals surface area (Å²) in [5.41, 5.74) is 0. The summed E-state index contributed by atoms with van der Waals surface area (Å²) < 4.78 is 0. The molecule has 0 rings (SSSR count). The average molecular weight is 887 g/mol. The molecule has 0 aromatic heterocycles. The van der Waals surface area contributed by atoms with Crippen LogP contribution in [0.15, 0.2) is 24.3 Å². The number of nitrogens with one attached hydrogen (secondary N) is 1. The van der Waals surface area contributed by atoms with E-state index in [4.69, 9.17) is 0 Å². The molecule has 0 saturated carbocycles. The molecular formula is C59H115NO3. The van der Waals surface area contributed by atoms with Gasteiger partial charge in [0.25, 0.3) is 0 Å². The van der Waals surface area contributed by atoms with Crippen LogP contribution in [0.3, 0.4) is 0 Å². The molecule has 0 aliphatic carbocycles. The number of unbranched alkanes of at least 4 members (excludes halogenated alkanes) is 45. The van der Waals surface area contributed by atoms with Crippen LogP contribution < -0.4 is 5.32 Å². The van der Waals surface area contributed by atoms with Crippen molar-refractivity contribution in [1.29, 1.82) is 0 Å².